The largest absolute Gasteiger partial charge is 0.344 e. The highest BCUT2D eigenvalue weighted by molar-refractivity contribution is 8.00. The zero-order valence-electron chi connectivity index (χ0n) is 69.2. The average molecular weight is 1620 g/mol. The Hall–Kier alpha value is -13.5. The number of fused-ring (bicyclic) bond motifs is 29. The van der Waals surface area contributed by atoms with Crippen LogP contribution in [0.3, 0.4) is 0 Å². The van der Waals surface area contributed by atoms with Crippen LogP contribution < -0.4 is 24.5 Å². The Morgan fingerprint density at radius 2 is 0.598 bits per heavy atom. The lowest BCUT2D eigenvalue weighted by molar-refractivity contribution is 0.660. The Morgan fingerprint density at radius 1 is 0.221 bits per heavy atom. The predicted molar refractivity (Wildman–Crippen MR) is 527 cm³/mol. The molecule has 586 valence electrons. The third kappa shape index (κ3) is 12.7. The summed E-state index contributed by atoms with van der Waals surface area (Å²) in [5, 5.41) is 20.8. The molecule has 5 heterocycles. The van der Waals surface area contributed by atoms with Crippen LogP contribution in [0.4, 0.5) is 56.9 Å². The van der Waals surface area contributed by atoms with Crippen LogP contribution in [0.1, 0.15) is 36.1 Å². The highest BCUT2D eigenvalue weighted by Gasteiger charge is 2.39. The van der Waals surface area contributed by atoms with E-state index in [1.54, 1.807) is 0 Å². The fraction of sp³-hybridized carbons (Fsp3) is 0.0877. The third-order valence-electron chi connectivity index (χ3n) is 26.0. The van der Waals surface area contributed by atoms with E-state index in [9.17, 15) is 0 Å². The SMILES string of the molecule is CN1c2cc3ccccc3cc2-c2ccccc2-c2c1ccc1ccccc21.CN1c2cc3ccccc3cc2Sc2cc3ccccc3cc21.CN1c2cc3ccccc3cc2Sc2ccc3ccccc3c21.CN1c2ccc3ccccc3c2Sc2ccc3ccccc3c21.CN1c2ccccc2CCc2c1ccc1c2-c2ccccc2C1(C)C. The van der Waals surface area contributed by atoms with Gasteiger partial charge in [-0.2, -0.15) is 0 Å². The van der Waals surface area contributed by atoms with Crippen molar-refractivity contribution in [1.82, 2.24) is 0 Å². The molecule has 0 saturated heterocycles. The molecular weight excluding hydrogens is 1540 g/mol. The molecule has 122 heavy (non-hydrogen) atoms. The second-order valence-electron chi connectivity index (χ2n) is 33.2. The summed E-state index contributed by atoms with van der Waals surface area (Å²) in [6, 6.07) is 137. The standard InChI is InChI=1S/C27H19N.C24H23N.3C21H15NS/c1-28-25-15-14-18-8-4-5-11-21(18)27(25)23-13-7-6-12-22(23)24-16-19-9-2-3-10-20(19)17-26(24)28;1-24(2)19-10-6-5-9-17(19)23-18-13-12-16-8-4-7-11-21(16)25(3)22(18)15-14-20(23)24;1-22-18-10-14-6-2-4-8-16(14)12-20(18)23-21-13-17-9-5-3-7-15(17)11-19(21)22;1-22-18-12-10-15-7-3-5-9-17(15)21(18)23-19-13-11-14-6-2-4-8-16(14)20(19)22;1-22-18-12-15-7-2-3-8-16(15)13-20(18)23-19-11-10-14-6-4-5-9-17(14)21(19)22/h2-17H,1H3;4-11,14-15H,12-13H2,1-3H3;3*2-13H,1H3. The van der Waals surface area contributed by atoms with E-state index >= 15 is 0 Å². The van der Waals surface area contributed by atoms with Crippen LogP contribution in [-0.4, -0.2) is 35.2 Å². The van der Waals surface area contributed by atoms with Crippen molar-refractivity contribution in [2.75, 3.05) is 59.7 Å². The zero-order chi connectivity index (χ0) is 82.0. The number of aryl methyl sites for hydroxylation is 1. The van der Waals surface area contributed by atoms with Gasteiger partial charge in [0.1, 0.15) is 0 Å². The van der Waals surface area contributed by atoms with E-state index in [0.717, 1.165) is 12.8 Å². The second-order valence-corrected chi connectivity index (χ2v) is 36.5. The van der Waals surface area contributed by atoms with Crippen molar-refractivity contribution in [3.05, 3.63) is 398 Å². The molecule has 5 aliphatic heterocycles. The zero-order valence-corrected chi connectivity index (χ0v) is 71.6. The van der Waals surface area contributed by atoms with E-state index in [0.29, 0.717) is 0 Å². The van der Waals surface area contributed by atoms with Gasteiger partial charge in [0.15, 0.2) is 0 Å². The van der Waals surface area contributed by atoms with Crippen molar-refractivity contribution in [3.8, 4) is 33.4 Å². The van der Waals surface area contributed by atoms with Crippen molar-refractivity contribution in [2.24, 2.45) is 0 Å². The normalized spacial score (nSPS) is 13.7. The Labute approximate surface area is 725 Å². The van der Waals surface area contributed by atoms with Crippen LogP contribution in [0.2, 0.25) is 0 Å². The summed E-state index contributed by atoms with van der Waals surface area (Å²) in [5.41, 5.74) is 27.1. The molecule has 0 amide bonds. The van der Waals surface area contributed by atoms with Gasteiger partial charge in [-0.25, -0.2) is 0 Å². The van der Waals surface area contributed by atoms with Crippen molar-refractivity contribution in [1.29, 1.82) is 0 Å². The topological polar surface area (TPSA) is 16.2 Å². The molecule has 26 rings (SSSR count). The summed E-state index contributed by atoms with van der Waals surface area (Å²) >= 11 is 5.64. The number of nitrogens with zero attached hydrogens (tertiary/aromatic N) is 5. The minimum absolute atomic E-state index is 0.0820. The van der Waals surface area contributed by atoms with Gasteiger partial charge in [-0.1, -0.05) is 340 Å². The Bertz CT molecular complexity index is 7490. The van der Waals surface area contributed by atoms with Crippen molar-refractivity contribution in [3.63, 3.8) is 0 Å². The first-order chi connectivity index (χ1) is 59.8. The lowest BCUT2D eigenvalue weighted by atomic mass is 9.82. The molecule has 20 aromatic carbocycles. The van der Waals surface area contributed by atoms with Crippen LogP contribution in [0.15, 0.2) is 405 Å². The summed E-state index contributed by atoms with van der Waals surface area (Å²) < 4.78 is 0. The maximum atomic E-state index is 2.38. The molecule has 0 fully saturated rings. The lowest BCUT2D eigenvalue weighted by Crippen LogP contribution is -2.16. The van der Waals surface area contributed by atoms with Gasteiger partial charge in [0.2, 0.25) is 0 Å². The monoisotopic (exact) mass is 1620 g/mol. The van der Waals surface area contributed by atoms with Gasteiger partial charge in [0, 0.05) is 115 Å². The van der Waals surface area contributed by atoms with E-state index in [4.69, 9.17) is 0 Å². The molecule has 0 saturated carbocycles. The van der Waals surface area contributed by atoms with Crippen LogP contribution in [-0.2, 0) is 18.3 Å². The minimum Gasteiger partial charge on any atom is -0.344 e. The predicted octanol–water partition coefficient (Wildman–Crippen LogP) is 31.9. The minimum atomic E-state index is 0.0820. The number of anilines is 10. The van der Waals surface area contributed by atoms with Gasteiger partial charge in [0.05, 0.1) is 34.1 Å². The first-order valence-electron chi connectivity index (χ1n) is 42.2. The molecule has 8 heteroatoms. The molecule has 0 unspecified atom stereocenters. The smallest absolute Gasteiger partial charge is 0.0629 e. The number of benzene rings is 20. The molecule has 0 atom stereocenters. The first kappa shape index (κ1) is 74.8. The molecule has 0 bridgehead atoms. The summed E-state index contributed by atoms with van der Waals surface area (Å²) in [7, 11) is 10.9. The Balaban J connectivity index is 0.0000000913. The van der Waals surface area contributed by atoms with Gasteiger partial charge < -0.3 is 24.5 Å². The van der Waals surface area contributed by atoms with Crippen LogP contribution >= 0.6 is 35.3 Å². The van der Waals surface area contributed by atoms with Crippen molar-refractivity contribution < 1.29 is 0 Å². The highest BCUT2D eigenvalue weighted by Crippen LogP contribution is 2.58. The van der Waals surface area contributed by atoms with Gasteiger partial charge in [-0.05, 0) is 218 Å². The first-order valence-corrected chi connectivity index (χ1v) is 44.6. The van der Waals surface area contributed by atoms with E-state index in [-0.39, 0.29) is 5.41 Å². The Kier molecular flexibility index (Phi) is 18.6. The summed E-state index contributed by atoms with van der Waals surface area (Å²) in [5.74, 6) is 0. The maximum Gasteiger partial charge on any atom is 0.0629 e. The third-order valence-corrected chi connectivity index (χ3v) is 29.4. The van der Waals surface area contributed by atoms with Gasteiger partial charge >= 0.3 is 0 Å². The Morgan fingerprint density at radius 3 is 1.17 bits per heavy atom. The van der Waals surface area contributed by atoms with Gasteiger partial charge in [0.25, 0.3) is 0 Å². The number of para-hydroxylation sites is 1. The van der Waals surface area contributed by atoms with E-state index in [2.05, 4.69) is 450 Å². The maximum absolute atomic E-state index is 2.38. The molecule has 0 aromatic heterocycles. The van der Waals surface area contributed by atoms with Crippen LogP contribution in [0, 0.1) is 0 Å². The van der Waals surface area contributed by atoms with Gasteiger partial charge in [-0.15, -0.1) is 0 Å². The fourth-order valence-corrected chi connectivity index (χ4v) is 23.5. The van der Waals surface area contributed by atoms with E-state index in [1.165, 1.54) is 228 Å². The molecule has 0 spiro atoms. The van der Waals surface area contributed by atoms with Gasteiger partial charge in [-0.3, -0.25) is 0 Å². The average Bonchev–Trinajstić information content (AvgIpc) is 1.52. The molecule has 0 N–H and O–H groups in total. The van der Waals surface area contributed by atoms with Crippen LogP contribution in [0.5, 0.6) is 0 Å². The number of hydrogen-bond acceptors (Lipinski definition) is 8. The summed E-state index contributed by atoms with van der Waals surface area (Å²) in [6.45, 7) is 4.72. The lowest BCUT2D eigenvalue weighted by Gasteiger charge is -2.31. The highest BCUT2D eigenvalue weighted by atomic mass is 32.2. The fourth-order valence-electron chi connectivity index (χ4n) is 19.8. The molecule has 0 radical (unpaired) electrons. The summed E-state index contributed by atoms with van der Waals surface area (Å²) in [4.78, 5) is 19.7. The van der Waals surface area contributed by atoms with E-state index in [1.807, 2.05) is 35.3 Å². The quantitative estimate of drug-likeness (QED) is 0.147. The number of hydrogen-bond donors (Lipinski definition) is 0. The molecule has 20 aromatic rings. The second kappa shape index (κ2) is 30.3. The molecule has 1 aliphatic carbocycles. The van der Waals surface area contributed by atoms with Crippen molar-refractivity contribution in [2.45, 2.75) is 61.5 Å². The van der Waals surface area contributed by atoms with Crippen molar-refractivity contribution >= 4 is 178 Å². The number of rotatable bonds is 0. The van der Waals surface area contributed by atoms with Crippen LogP contribution in [0.25, 0.3) is 120 Å². The molecular formula is C114H87N5S3. The van der Waals surface area contributed by atoms with E-state index < -0.39 is 0 Å². The molecule has 6 aliphatic rings. The summed E-state index contributed by atoms with van der Waals surface area (Å²) in [6.07, 6.45) is 2.21. The molecule has 5 nitrogen and oxygen atoms in total.